The highest BCUT2D eigenvalue weighted by Crippen LogP contribution is 2.17. The van der Waals surface area contributed by atoms with Crippen LogP contribution in [-0.2, 0) is 10.8 Å². The molecule has 1 aromatic carbocycles. The van der Waals surface area contributed by atoms with Crippen molar-refractivity contribution in [2.24, 2.45) is 0 Å². The van der Waals surface area contributed by atoms with Gasteiger partial charge in [0.05, 0.1) is 17.5 Å². The summed E-state index contributed by atoms with van der Waals surface area (Å²) in [6.45, 7) is 1.45. The maximum absolute atomic E-state index is 11.9. The molecular formula is C10H14FNOS. The molecule has 4 heteroatoms. The topological polar surface area (TPSA) is 43.1 Å². The lowest BCUT2D eigenvalue weighted by molar-refractivity contribution is 0.488. The first-order valence-electron chi connectivity index (χ1n) is 4.45. The summed E-state index contributed by atoms with van der Waals surface area (Å²) in [5.74, 6) is 0.362. The summed E-state index contributed by atoms with van der Waals surface area (Å²) in [7, 11) is -1.13. The molecule has 0 aliphatic rings. The highest BCUT2D eigenvalue weighted by Gasteiger charge is 2.07. The average molecular weight is 215 g/mol. The number of benzene rings is 1. The molecule has 0 aromatic heterocycles. The van der Waals surface area contributed by atoms with Crippen molar-refractivity contribution < 1.29 is 8.60 Å². The second-order valence-corrected chi connectivity index (χ2v) is 4.66. The molecular weight excluding hydrogens is 201 g/mol. The Bertz CT molecular complexity index is 341. The molecule has 0 radical (unpaired) electrons. The summed E-state index contributed by atoms with van der Waals surface area (Å²) in [4.78, 5) is 0.721. The third-order valence-corrected chi connectivity index (χ3v) is 3.51. The Hall–Kier alpha value is -0.900. The van der Waals surface area contributed by atoms with E-state index in [0.29, 0.717) is 17.9 Å². The summed E-state index contributed by atoms with van der Waals surface area (Å²) in [6.07, 6.45) is 0.334. The van der Waals surface area contributed by atoms with Crippen LogP contribution in [0.2, 0.25) is 0 Å². The lowest BCUT2D eigenvalue weighted by atomic mass is 10.2. The van der Waals surface area contributed by atoms with Gasteiger partial charge in [-0.15, -0.1) is 0 Å². The van der Waals surface area contributed by atoms with E-state index >= 15 is 0 Å². The Morgan fingerprint density at radius 1 is 1.50 bits per heavy atom. The lowest BCUT2D eigenvalue weighted by Crippen LogP contribution is -2.02. The van der Waals surface area contributed by atoms with Gasteiger partial charge < -0.3 is 5.73 Å². The van der Waals surface area contributed by atoms with E-state index in [2.05, 4.69) is 0 Å². The van der Waals surface area contributed by atoms with Crippen molar-refractivity contribution in [1.82, 2.24) is 0 Å². The van der Waals surface area contributed by atoms with Crippen LogP contribution in [0.15, 0.2) is 23.1 Å². The molecule has 1 unspecified atom stereocenters. The van der Waals surface area contributed by atoms with E-state index in [1.54, 1.807) is 12.1 Å². The summed E-state index contributed by atoms with van der Waals surface area (Å²) < 4.78 is 23.6. The second kappa shape index (κ2) is 5.10. The van der Waals surface area contributed by atoms with Crippen LogP contribution in [-0.4, -0.2) is 16.6 Å². The molecule has 0 saturated carbocycles. The van der Waals surface area contributed by atoms with E-state index < -0.39 is 17.5 Å². The van der Waals surface area contributed by atoms with Crippen molar-refractivity contribution >= 4 is 16.5 Å². The molecule has 1 aromatic rings. The molecule has 14 heavy (non-hydrogen) atoms. The third-order valence-electron chi connectivity index (χ3n) is 1.92. The van der Waals surface area contributed by atoms with Gasteiger partial charge in [-0.05, 0) is 31.0 Å². The van der Waals surface area contributed by atoms with Gasteiger partial charge in [0.15, 0.2) is 0 Å². The average Bonchev–Trinajstić information content (AvgIpc) is 2.18. The van der Waals surface area contributed by atoms with E-state index in [0.717, 1.165) is 10.5 Å². The first kappa shape index (κ1) is 11.2. The van der Waals surface area contributed by atoms with Gasteiger partial charge in [0.1, 0.15) is 0 Å². The maximum atomic E-state index is 11.9. The fourth-order valence-electron chi connectivity index (χ4n) is 1.16. The van der Waals surface area contributed by atoms with Gasteiger partial charge >= 0.3 is 0 Å². The number of halogens is 1. The number of aryl methyl sites for hydroxylation is 1. The van der Waals surface area contributed by atoms with Crippen molar-refractivity contribution in [3.63, 3.8) is 0 Å². The summed E-state index contributed by atoms with van der Waals surface area (Å²) in [5, 5.41) is 0. The van der Waals surface area contributed by atoms with Crippen molar-refractivity contribution in [3.8, 4) is 0 Å². The minimum atomic E-state index is -1.13. The molecule has 0 spiro atoms. The summed E-state index contributed by atoms with van der Waals surface area (Å²) in [6, 6.07) is 5.30. The van der Waals surface area contributed by atoms with Crippen LogP contribution in [0.25, 0.3) is 0 Å². The van der Waals surface area contributed by atoms with E-state index in [4.69, 9.17) is 5.73 Å². The monoisotopic (exact) mass is 215 g/mol. The normalized spacial score (nSPS) is 12.7. The van der Waals surface area contributed by atoms with Crippen LogP contribution >= 0.6 is 0 Å². The summed E-state index contributed by atoms with van der Waals surface area (Å²) >= 11 is 0. The van der Waals surface area contributed by atoms with Crippen LogP contribution in [0.1, 0.15) is 12.0 Å². The van der Waals surface area contributed by atoms with E-state index in [1.807, 2.05) is 13.0 Å². The van der Waals surface area contributed by atoms with Gasteiger partial charge in [0.2, 0.25) is 0 Å². The highest BCUT2D eigenvalue weighted by molar-refractivity contribution is 7.85. The molecule has 1 rings (SSSR count). The predicted octanol–water partition coefficient (Wildman–Crippen LogP) is 2.04. The van der Waals surface area contributed by atoms with Crippen LogP contribution in [0.5, 0.6) is 0 Å². The molecule has 2 nitrogen and oxygen atoms in total. The summed E-state index contributed by atoms with van der Waals surface area (Å²) in [5.41, 5.74) is 7.12. The SMILES string of the molecule is Cc1ccc(N)cc1S(=O)CCCF. The Morgan fingerprint density at radius 2 is 2.21 bits per heavy atom. The van der Waals surface area contributed by atoms with Crippen LogP contribution < -0.4 is 5.73 Å². The Morgan fingerprint density at radius 3 is 2.86 bits per heavy atom. The van der Waals surface area contributed by atoms with Crippen LogP contribution in [0, 0.1) is 6.92 Å². The fourth-order valence-corrected chi connectivity index (χ4v) is 2.44. The number of hydrogen-bond donors (Lipinski definition) is 1. The number of anilines is 1. The zero-order valence-corrected chi connectivity index (χ0v) is 8.94. The molecule has 0 heterocycles. The van der Waals surface area contributed by atoms with E-state index in [-0.39, 0.29) is 0 Å². The lowest BCUT2D eigenvalue weighted by Gasteiger charge is -2.05. The Balaban J connectivity index is 2.83. The minimum absolute atomic E-state index is 0.334. The molecule has 0 saturated heterocycles. The Labute approximate surface area is 85.8 Å². The van der Waals surface area contributed by atoms with Crippen molar-refractivity contribution in [3.05, 3.63) is 23.8 Å². The number of hydrogen-bond acceptors (Lipinski definition) is 2. The van der Waals surface area contributed by atoms with Crippen LogP contribution in [0.3, 0.4) is 0 Å². The fraction of sp³-hybridized carbons (Fsp3) is 0.400. The molecule has 0 fully saturated rings. The molecule has 0 aliphatic heterocycles. The quantitative estimate of drug-likeness (QED) is 0.781. The molecule has 2 N–H and O–H groups in total. The number of alkyl halides is 1. The minimum Gasteiger partial charge on any atom is -0.399 e. The number of nitrogens with two attached hydrogens (primary N) is 1. The number of rotatable bonds is 4. The zero-order valence-electron chi connectivity index (χ0n) is 8.13. The van der Waals surface area contributed by atoms with Gasteiger partial charge in [0, 0.05) is 16.3 Å². The van der Waals surface area contributed by atoms with Crippen molar-refractivity contribution in [2.45, 2.75) is 18.2 Å². The maximum Gasteiger partial charge on any atom is 0.0903 e. The van der Waals surface area contributed by atoms with Crippen molar-refractivity contribution in [2.75, 3.05) is 18.2 Å². The van der Waals surface area contributed by atoms with E-state index in [9.17, 15) is 8.60 Å². The zero-order chi connectivity index (χ0) is 10.6. The predicted molar refractivity (Wildman–Crippen MR) is 57.5 cm³/mol. The standard InChI is InChI=1S/C10H14FNOS/c1-8-3-4-9(12)7-10(8)14(13)6-2-5-11/h3-4,7H,2,5-6,12H2,1H3. The van der Waals surface area contributed by atoms with Gasteiger partial charge in [-0.25, -0.2) is 0 Å². The molecule has 78 valence electrons. The highest BCUT2D eigenvalue weighted by atomic mass is 32.2. The van der Waals surface area contributed by atoms with Gasteiger partial charge in [0.25, 0.3) is 0 Å². The second-order valence-electron chi connectivity index (χ2n) is 3.12. The molecule has 0 amide bonds. The van der Waals surface area contributed by atoms with Crippen LogP contribution in [0.4, 0.5) is 10.1 Å². The van der Waals surface area contributed by atoms with Gasteiger partial charge in [-0.3, -0.25) is 8.60 Å². The van der Waals surface area contributed by atoms with Gasteiger partial charge in [-0.2, -0.15) is 0 Å². The largest absolute Gasteiger partial charge is 0.399 e. The first-order valence-corrected chi connectivity index (χ1v) is 5.77. The first-order chi connectivity index (χ1) is 6.65. The molecule has 1 atom stereocenters. The molecule has 0 bridgehead atoms. The van der Waals surface area contributed by atoms with E-state index in [1.165, 1.54) is 0 Å². The smallest absolute Gasteiger partial charge is 0.0903 e. The van der Waals surface area contributed by atoms with Gasteiger partial charge in [-0.1, -0.05) is 6.07 Å². The number of nitrogen functional groups attached to an aromatic ring is 1. The third kappa shape index (κ3) is 2.80. The molecule has 0 aliphatic carbocycles. The van der Waals surface area contributed by atoms with Crippen molar-refractivity contribution in [1.29, 1.82) is 0 Å². The Kier molecular flexibility index (Phi) is 4.07.